The quantitative estimate of drug-likeness (QED) is 0.163. The third-order valence-corrected chi connectivity index (χ3v) is 8.18. The zero-order valence-electron chi connectivity index (χ0n) is 21.1. The lowest BCUT2D eigenvalue weighted by Crippen LogP contribution is -2.13. The molecule has 5 heteroatoms. The molecule has 1 aliphatic carbocycles. The first kappa shape index (κ1) is 28.4. The van der Waals surface area contributed by atoms with Gasteiger partial charge in [0.2, 0.25) is 0 Å². The fraction of sp³-hybridized carbons (Fsp3) is 0.786. The minimum Gasteiger partial charge on any atom is -0.494 e. The predicted molar refractivity (Wildman–Crippen MR) is 139 cm³/mol. The molecular formula is C28H49O4P. The molecule has 0 amide bonds. The molecule has 0 aromatic heterocycles. The average Bonchev–Trinajstić information content (AvgIpc) is 2.80. The van der Waals surface area contributed by atoms with Crippen molar-refractivity contribution in [3.8, 4) is 5.75 Å². The fourth-order valence-electron chi connectivity index (χ4n) is 5.15. The van der Waals surface area contributed by atoms with Crippen molar-refractivity contribution < 1.29 is 19.1 Å². The highest BCUT2D eigenvalue weighted by Gasteiger charge is 2.22. The monoisotopic (exact) mass is 480 g/mol. The lowest BCUT2D eigenvalue weighted by molar-refractivity contribution is 0.299. The van der Waals surface area contributed by atoms with E-state index in [9.17, 15) is 4.57 Å². The van der Waals surface area contributed by atoms with Crippen LogP contribution in [0.5, 0.6) is 5.75 Å². The molecule has 0 spiro atoms. The Labute approximate surface area is 203 Å². The molecule has 1 fully saturated rings. The molecule has 33 heavy (non-hydrogen) atoms. The van der Waals surface area contributed by atoms with Crippen molar-refractivity contribution in [2.45, 2.75) is 122 Å². The van der Waals surface area contributed by atoms with Crippen LogP contribution in [0.1, 0.15) is 128 Å². The van der Waals surface area contributed by atoms with Crippen LogP contribution in [0.2, 0.25) is 0 Å². The summed E-state index contributed by atoms with van der Waals surface area (Å²) in [5, 5.41) is 0. The lowest BCUT2D eigenvalue weighted by Gasteiger charge is -2.29. The SMILES string of the molecule is CCCCCC1CCC(c2ccc(OCCCCCCCCCCCP(=O)(O)O)cc2)CC1. The molecule has 0 atom stereocenters. The van der Waals surface area contributed by atoms with Crippen LogP contribution < -0.4 is 4.74 Å². The fourth-order valence-corrected chi connectivity index (χ4v) is 5.79. The largest absolute Gasteiger partial charge is 0.494 e. The van der Waals surface area contributed by atoms with Gasteiger partial charge in [-0.05, 0) is 68.1 Å². The third-order valence-electron chi connectivity index (χ3n) is 7.28. The molecule has 0 aliphatic heterocycles. The smallest absolute Gasteiger partial charge is 0.325 e. The van der Waals surface area contributed by atoms with Gasteiger partial charge in [-0.2, -0.15) is 0 Å². The first-order valence-electron chi connectivity index (χ1n) is 13.7. The number of rotatable bonds is 18. The van der Waals surface area contributed by atoms with E-state index in [0.29, 0.717) is 6.42 Å². The van der Waals surface area contributed by atoms with Gasteiger partial charge < -0.3 is 14.5 Å². The molecule has 1 aliphatic rings. The highest BCUT2D eigenvalue weighted by molar-refractivity contribution is 7.51. The molecule has 0 radical (unpaired) electrons. The molecule has 0 saturated heterocycles. The molecule has 0 unspecified atom stereocenters. The summed E-state index contributed by atoms with van der Waals surface area (Å²) in [5.74, 6) is 2.71. The zero-order chi connectivity index (χ0) is 23.8. The standard InChI is InChI=1S/C28H49O4P/c1-2-3-11-14-25-15-17-26(18-16-25)27-19-21-28(22-20-27)32-23-12-9-7-5-4-6-8-10-13-24-33(29,30)31/h19-22,25-26H,2-18,23-24H2,1H3,(H2,29,30,31). The predicted octanol–water partition coefficient (Wildman–Crippen LogP) is 8.61. The van der Waals surface area contributed by atoms with Crippen LogP contribution in [-0.4, -0.2) is 22.6 Å². The minimum atomic E-state index is -3.79. The van der Waals surface area contributed by atoms with Crippen LogP contribution in [0.4, 0.5) is 0 Å². The Bertz CT molecular complexity index is 646. The van der Waals surface area contributed by atoms with E-state index >= 15 is 0 Å². The van der Waals surface area contributed by atoms with Gasteiger partial charge in [0.05, 0.1) is 6.61 Å². The molecule has 1 aromatic carbocycles. The van der Waals surface area contributed by atoms with E-state index in [2.05, 4.69) is 31.2 Å². The minimum absolute atomic E-state index is 0.0376. The van der Waals surface area contributed by atoms with Crippen molar-refractivity contribution in [2.75, 3.05) is 12.8 Å². The van der Waals surface area contributed by atoms with Crippen molar-refractivity contribution in [3.05, 3.63) is 29.8 Å². The van der Waals surface area contributed by atoms with Crippen LogP contribution in [0.25, 0.3) is 0 Å². The summed E-state index contributed by atoms with van der Waals surface area (Å²) in [6, 6.07) is 8.90. The van der Waals surface area contributed by atoms with Gasteiger partial charge in [-0.25, -0.2) is 0 Å². The third kappa shape index (κ3) is 13.6. The van der Waals surface area contributed by atoms with Gasteiger partial charge in [-0.1, -0.05) is 89.7 Å². The first-order valence-corrected chi connectivity index (χ1v) is 15.5. The Hall–Kier alpha value is -0.830. The van der Waals surface area contributed by atoms with E-state index in [0.717, 1.165) is 43.5 Å². The maximum absolute atomic E-state index is 10.8. The summed E-state index contributed by atoms with van der Waals surface area (Å²) in [7, 11) is -3.79. The second kappa shape index (κ2) is 16.7. The molecule has 190 valence electrons. The van der Waals surface area contributed by atoms with Gasteiger partial charge >= 0.3 is 7.60 Å². The van der Waals surface area contributed by atoms with Crippen molar-refractivity contribution >= 4 is 7.60 Å². The van der Waals surface area contributed by atoms with Gasteiger partial charge in [0, 0.05) is 6.16 Å². The van der Waals surface area contributed by atoms with Gasteiger partial charge in [0.25, 0.3) is 0 Å². The van der Waals surface area contributed by atoms with Crippen LogP contribution in [-0.2, 0) is 4.57 Å². The van der Waals surface area contributed by atoms with Crippen LogP contribution >= 0.6 is 7.60 Å². The van der Waals surface area contributed by atoms with Gasteiger partial charge in [0.15, 0.2) is 0 Å². The second-order valence-electron chi connectivity index (χ2n) is 10.2. The summed E-state index contributed by atoms with van der Waals surface area (Å²) in [6.45, 7) is 3.09. The van der Waals surface area contributed by atoms with Gasteiger partial charge in [-0.15, -0.1) is 0 Å². The van der Waals surface area contributed by atoms with E-state index in [4.69, 9.17) is 14.5 Å². The summed E-state index contributed by atoms with van der Waals surface area (Å²) in [4.78, 5) is 17.7. The van der Waals surface area contributed by atoms with Crippen molar-refractivity contribution in [2.24, 2.45) is 5.92 Å². The molecule has 2 N–H and O–H groups in total. The molecule has 1 saturated carbocycles. The molecular weight excluding hydrogens is 431 g/mol. The molecule has 4 nitrogen and oxygen atoms in total. The molecule has 0 heterocycles. The van der Waals surface area contributed by atoms with E-state index in [1.165, 1.54) is 89.0 Å². The maximum atomic E-state index is 10.8. The Balaban J connectivity index is 1.45. The highest BCUT2D eigenvalue weighted by atomic mass is 31.2. The normalized spacial score (nSPS) is 19.0. The summed E-state index contributed by atoms with van der Waals surface area (Å²) in [5.41, 5.74) is 1.50. The number of hydrogen-bond acceptors (Lipinski definition) is 2. The van der Waals surface area contributed by atoms with Crippen LogP contribution in [0.3, 0.4) is 0 Å². The number of ether oxygens (including phenoxy) is 1. The Morgan fingerprint density at radius 2 is 1.36 bits per heavy atom. The van der Waals surface area contributed by atoms with E-state index in [-0.39, 0.29) is 6.16 Å². The maximum Gasteiger partial charge on any atom is 0.325 e. The van der Waals surface area contributed by atoms with Crippen molar-refractivity contribution in [3.63, 3.8) is 0 Å². The van der Waals surface area contributed by atoms with Gasteiger partial charge in [-0.3, -0.25) is 4.57 Å². The van der Waals surface area contributed by atoms with Crippen LogP contribution in [0.15, 0.2) is 24.3 Å². The van der Waals surface area contributed by atoms with E-state index in [1.54, 1.807) is 0 Å². The first-order chi connectivity index (χ1) is 16.0. The Morgan fingerprint density at radius 1 is 0.788 bits per heavy atom. The Morgan fingerprint density at radius 3 is 1.94 bits per heavy atom. The van der Waals surface area contributed by atoms with Crippen molar-refractivity contribution in [1.82, 2.24) is 0 Å². The second-order valence-corrected chi connectivity index (χ2v) is 12.0. The topological polar surface area (TPSA) is 66.8 Å². The summed E-state index contributed by atoms with van der Waals surface area (Å²) < 4.78 is 16.7. The lowest BCUT2D eigenvalue weighted by atomic mass is 9.77. The zero-order valence-corrected chi connectivity index (χ0v) is 22.0. The number of unbranched alkanes of at least 4 members (excludes halogenated alkanes) is 10. The summed E-state index contributed by atoms with van der Waals surface area (Å²) >= 11 is 0. The van der Waals surface area contributed by atoms with E-state index < -0.39 is 7.60 Å². The highest BCUT2D eigenvalue weighted by Crippen LogP contribution is 2.38. The molecule has 1 aromatic rings. The average molecular weight is 481 g/mol. The molecule has 2 rings (SSSR count). The van der Waals surface area contributed by atoms with E-state index in [1.807, 2.05) is 0 Å². The Kier molecular flexibility index (Phi) is 14.4. The molecule has 0 bridgehead atoms. The number of benzene rings is 1. The summed E-state index contributed by atoms with van der Waals surface area (Å²) in [6.07, 6.45) is 21.0. The van der Waals surface area contributed by atoms with Crippen molar-refractivity contribution in [1.29, 1.82) is 0 Å². The van der Waals surface area contributed by atoms with Gasteiger partial charge in [0.1, 0.15) is 5.75 Å². The van der Waals surface area contributed by atoms with Crippen LogP contribution in [0, 0.1) is 5.92 Å². The number of hydrogen-bond donors (Lipinski definition) is 2.